The zero-order valence-electron chi connectivity index (χ0n) is 8.16. The average molecular weight is 201 g/mol. The highest BCUT2D eigenvalue weighted by atomic mass is 16.5. The van der Waals surface area contributed by atoms with E-state index in [0.717, 1.165) is 19.3 Å². The SMILES string of the molecule is COC(=O)N[C@@H](CC1CCC1)C(=O)O. The van der Waals surface area contributed by atoms with Crippen molar-refractivity contribution in [3.63, 3.8) is 0 Å². The Morgan fingerprint density at radius 1 is 1.57 bits per heavy atom. The van der Waals surface area contributed by atoms with Crippen molar-refractivity contribution < 1.29 is 19.4 Å². The lowest BCUT2D eigenvalue weighted by molar-refractivity contribution is -0.140. The molecule has 5 heteroatoms. The summed E-state index contributed by atoms with van der Waals surface area (Å²) in [6, 6.07) is -0.812. The van der Waals surface area contributed by atoms with Crippen LogP contribution in [0.3, 0.4) is 0 Å². The molecule has 0 aromatic rings. The van der Waals surface area contributed by atoms with Gasteiger partial charge in [-0.3, -0.25) is 0 Å². The van der Waals surface area contributed by atoms with Crippen LogP contribution in [0.25, 0.3) is 0 Å². The van der Waals surface area contributed by atoms with Gasteiger partial charge >= 0.3 is 12.1 Å². The predicted molar refractivity (Wildman–Crippen MR) is 48.9 cm³/mol. The number of carbonyl (C=O) groups is 2. The number of hydrogen-bond acceptors (Lipinski definition) is 3. The Balaban J connectivity index is 2.37. The normalized spacial score (nSPS) is 18.1. The van der Waals surface area contributed by atoms with Crippen LogP contribution in [-0.2, 0) is 9.53 Å². The first kappa shape index (κ1) is 10.8. The number of alkyl carbamates (subject to hydrolysis) is 1. The summed E-state index contributed by atoms with van der Waals surface area (Å²) >= 11 is 0. The lowest BCUT2D eigenvalue weighted by Gasteiger charge is -2.27. The molecule has 1 amide bonds. The Morgan fingerprint density at radius 2 is 2.21 bits per heavy atom. The Bertz CT molecular complexity index is 225. The quantitative estimate of drug-likeness (QED) is 0.711. The van der Waals surface area contributed by atoms with Crippen LogP contribution in [0.2, 0.25) is 0 Å². The Kier molecular flexibility index (Phi) is 3.73. The molecule has 0 aromatic heterocycles. The highest BCUT2D eigenvalue weighted by Gasteiger charge is 2.27. The number of aliphatic carboxylic acids is 1. The molecule has 1 saturated carbocycles. The molecule has 0 unspecified atom stereocenters. The van der Waals surface area contributed by atoms with E-state index < -0.39 is 18.1 Å². The minimum absolute atomic E-state index is 0.438. The van der Waals surface area contributed by atoms with E-state index in [4.69, 9.17) is 5.11 Å². The number of carboxylic acid groups (broad SMARTS) is 1. The van der Waals surface area contributed by atoms with E-state index in [0.29, 0.717) is 12.3 Å². The van der Waals surface area contributed by atoms with E-state index in [-0.39, 0.29) is 0 Å². The number of amides is 1. The van der Waals surface area contributed by atoms with Crippen LogP contribution in [0.15, 0.2) is 0 Å². The van der Waals surface area contributed by atoms with Gasteiger partial charge in [0.2, 0.25) is 0 Å². The number of carboxylic acids is 1. The summed E-state index contributed by atoms with van der Waals surface area (Å²) in [6.07, 6.45) is 3.11. The predicted octanol–water partition coefficient (Wildman–Crippen LogP) is 0.986. The fraction of sp³-hybridized carbons (Fsp3) is 0.778. The lowest BCUT2D eigenvalue weighted by Crippen LogP contribution is -2.42. The van der Waals surface area contributed by atoms with E-state index in [1.807, 2.05) is 0 Å². The number of hydrogen-bond donors (Lipinski definition) is 2. The zero-order chi connectivity index (χ0) is 10.6. The van der Waals surface area contributed by atoms with Gasteiger partial charge in [-0.25, -0.2) is 9.59 Å². The van der Waals surface area contributed by atoms with Crippen LogP contribution in [0.1, 0.15) is 25.7 Å². The molecule has 0 aromatic carbocycles. The fourth-order valence-corrected chi connectivity index (χ4v) is 1.48. The minimum Gasteiger partial charge on any atom is -0.480 e. The van der Waals surface area contributed by atoms with Gasteiger partial charge in [0.05, 0.1) is 7.11 Å². The first-order chi connectivity index (χ1) is 6.63. The van der Waals surface area contributed by atoms with Crippen LogP contribution in [0, 0.1) is 5.92 Å². The van der Waals surface area contributed by atoms with Crippen LogP contribution >= 0.6 is 0 Å². The average Bonchev–Trinajstić information content (AvgIpc) is 2.08. The third-order valence-electron chi connectivity index (χ3n) is 2.57. The molecular weight excluding hydrogens is 186 g/mol. The maximum atomic E-state index is 10.8. The zero-order valence-corrected chi connectivity index (χ0v) is 8.16. The Labute approximate surface area is 82.4 Å². The van der Waals surface area contributed by atoms with E-state index >= 15 is 0 Å². The first-order valence-corrected chi connectivity index (χ1v) is 4.70. The molecule has 1 rings (SSSR count). The lowest BCUT2D eigenvalue weighted by atomic mass is 9.81. The molecule has 1 atom stereocenters. The van der Waals surface area contributed by atoms with E-state index in [9.17, 15) is 9.59 Å². The molecular formula is C9H15NO4. The summed E-state index contributed by atoms with van der Waals surface area (Å²) < 4.78 is 4.35. The number of ether oxygens (including phenoxy) is 1. The van der Waals surface area contributed by atoms with E-state index in [1.54, 1.807) is 0 Å². The van der Waals surface area contributed by atoms with Crippen molar-refractivity contribution in [2.45, 2.75) is 31.7 Å². The highest BCUT2D eigenvalue weighted by Crippen LogP contribution is 2.30. The summed E-state index contributed by atoms with van der Waals surface area (Å²) in [6.45, 7) is 0. The standard InChI is InChI=1S/C9H15NO4/c1-14-9(13)10-7(8(11)12)5-6-3-2-4-6/h6-7H,2-5H2,1H3,(H,10,13)(H,11,12)/t7-/m0/s1. The molecule has 5 nitrogen and oxygen atoms in total. The van der Waals surface area contributed by atoms with Crippen LogP contribution < -0.4 is 5.32 Å². The smallest absolute Gasteiger partial charge is 0.407 e. The number of rotatable bonds is 4. The Morgan fingerprint density at radius 3 is 2.57 bits per heavy atom. The summed E-state index contributed by atoms with van der Waals surface area (Å²) in [5, 5.41) is 11.1. The monoisotopic (exact) mass is 201 g/mol. The Hall–Kier alpha value is -1.26. The molecule has 0 heterocycles. The van der Waals surface area contributed by atoms with Gasteiger partial charge in [0, 0.05) is 0 Å². The largest absolute Gasteiger partial charge is 0.480 e. The molecule has 1 aliphatic rings. The molecule has 80 valence electrons. The van der Waals surface area contributed by atoms with Gasteiger partial charge in [0.25, 0.3) is 0 Å². The van der Waals surface area contributed by atoms with Crippen molar-refractivity contribution in [1.82, 2.24) is 5.32 Å². The molecule has 0 bridgehead atoms. The summed E-state index contributed by atoms with van der Waals surface area (Å²) in [7, 11) is 1.22. The van der Waals surface area contributed by atoms with Gasteiger partial charge in [-0.05, 0) is 12.3 Å². The molecule has 1 aliphatic carbocycles. The molecule has 0 radical (unpaired) electrons. The van der Waals surface area contributed by atoms with Crippen LogP contribution in [0.5, 0.6) is 0 Å². The van der Waals surface area contributed by atoms with Crippen molar-refractivity contribution in [1.29, 1.82) is 0 Å². The molecule has 0 saturated heterocycles. The first-order valence-electron chi connectivity index (χ1n) is 4.70. The van der Waals surface area contributed by atoms with Gasteiger partial charge in [-0.2, -0.15) is 0 Å². The second-order valence-electron chi connectivity index (χ2n) is 3.56. The molecule has 14 heavy (non-hydrogen) atoms. The second kappa shape index (κ2) is 4.83. The maximum absolute atomic E-state index is 10.8. The van der Waals surface area contributed by atoms with Crippen molar-refractivity contribution in [3.05, 3.63) is 0 Å². The van der Waals surface area contributed by atoms with Gasteiger partial charge in [0.1, 0.15) is 6.04 Å². The van der Waals surface area contributed by atoms with Gasteiger partial charge in [-0.15, -0.1) is 0 Å². The van der Waals surface area contributed by atoms with Gasteiger partial charge in [0.15, 0.2) is 0 Å². The highest BCUT2D eigenvalue weighted by molar-refractivity contribution is 5.79. The van der Waals surface area contributed by atoms with Crippen molar-refractivity contribution in [2.75, 3.05) is 7.11 Å². The fourth-order valence-electron chi connectivity index (χ4n) is 1.48. The summed E-state index contributed by atoms with van der Waals surface area (Å²) in [5.74, 6) is -0.560. The van der Waals surface area contributed by atoms with Crippen molar-refractivity contribution >= 4 is 12.1 Å². The summed E-state index contributed by atoms with van der Waals surface area (Å²) in [4.78, 5) is 21.6. The molecule has 0 aliphatic heterocycles. The van der Waals surface area contributed by atoms with Crippen molar-refractivity contribution in [2.24, 2.45) is 5.92 Å². The number of nitrogens with one attached hydrogen (secondary N) is 1. The van der Waals surface area contributed by atoms with Crippen molar-refractivity contribution in [3.8, 4) is 0 Å². The third-order valence-corrected chi connectivity index (χ3v) is 2.57. The molecule has 1 fully saturated rings. The van der Waals surface area contributed by atoms with E-state index in [1.165, 1.54) is 7.11 Å². The molecule has 2 N–H and O–H groups in total. The number of carbonyl (C=O) groups excluding carboxylic acids is 1. The molecule has 0 spiro atoms. The third kappa shape index (κ3) is 2.90. The van der Waals surface area contributed by atoms with Crippen LogP contribution in [-0.4, -0.2) is 30.3 Å². The summed E-state index contributed by atoms with van der Waals surface area (Å²) in [5.41, 5.74) is 0. The van der Waals surface area contributed by atoms with Crippen LogP contribution in [0.4, 0.5) is 4.79 Å². The maximum Gasteiger partial charge on any atom is 0.407 e. The van der Waals surface area contributed by atoms with Gasteiger partial charge < -0.3 is 15.2 Å². The second-order valence-corrected chi connectivity index (χ2v) is 3.56. The van der Waals surface area contributed by atoms with E-state index in [2.05, 4.69) is 10.1 Å². The van der Waals surface area contributed by atoms with Gasteiger partial charge in [-0.1, -0.05) is 19.3 Å². The number of methoxy groups -OCH3 is 1. The minimum atomic E-state index is -0.998. The topological polar surface area (TPSA) is 75.6 Å².